The number of hydrogen-bond donors (Lipinski definition) is 1. The fraction of sp³-hybridized carbons (Fsp3) is 0.240. The Bertz CT molecular complexity index is 1410. The molecule has 3 heterocycles. The zero-order valence-electron chi connectivity index (χ0n) is 19.3. The first-order chi connectivity index (χ1) is 17.5. The van der Waals surface area contributed by atoms with E-state index in [4.69, 9.17) is 20.8 Å². The molecule has 0 bridgehead atoms. The third-order valence-corrected chi connectivity index (χ3v) is 6.86. The molecule has 1 aliphatic rings. The predicted molar refractivity (Wildman–Crippen MR) is 138 cm³/mol. The zero-order valence-corrected chi connectivity index (χ0v) is 20.9. The number of fused-ring (bicyclic) bond motifs is 3. The van der Waals surface area contributed by atoms with E-state index in [1.54, 1.807) is 30.0 Å². The summed E-state index contributed by atoms with van der Waals surface area (Å²) in [5.74, 6) is 2.21. The van der Waals surface area contributed by atoms with Crippen LogP contribution in [0.1, 0.15) is 38.2 Å². The molecule has 0 saturated heterocycles. The van der Waals surface area contributed by atoms with Gasteiger partial charge in [-0.25, -0.2) is 0 Å². The van der Waals surface area contributed by atoms with Gasteiger partial charge < -0.3 is 14.5 Å². The topological polar surface area (TPSA) is 116 Å². The van der Waals surface area contributed by atoms with E-state index in [9.17, 15) is 10.1 Å². The number of ether oxygens (including phenoxy) is 1. The van der Waals surface area contributed by atoms with E-state index in [1.165, 1.54) is 12.1 Å². The van der Waals surface area contributed by atoms with Gasteiger partial charge in [-0.3, -0.25) is 10.1 Å². The lowest BCUT2D eigenvalue weighted by atomic mass is 10.1. The number of nitrogens with one attached hydrogen (secondary N) is 1. The highest BCUT2D eigenvalue weighted by Gasteiger charge is 2.28. The van der Waals surface area contributed by atoms with Gasteiger partial charge in [-0.1, -0.05) is 61.3 Å². The Morgan fingerprint density at radius 3 is 2.78 bits per heavy atom. The van der Waals surface area contributed by atoms with E-state index < -0.39 is 11.2 Å². The highest BCUT2D eigenvalue weighted by Crippen LogP contribution is 2.41. The van der Waals surface area contributed by atoms with E-state index in [-0.39, 0.29) is 10.7 Å². The van der Waals surface area contributed by atoms with Gasteiger partial charge in [-0.05, 0) is 30.7 Å². The van der Waals surface area contributed by atoms with Crippen LogP contribution in [0.2, 0.25) is 5.02 Å². The summed E-state index contributed by atoms with van der Waals surface area (Å²) < 4.78 is 12.4. The quantitative estimate of drug-likeness (QED) is 0.111. The van der Waals surface area contributed by atoms with E-state index in [2.05, 4.69) is 27.4 Å². The van der Waals surface area contributed by atoms with Crippen LogP contribution in [-0.2, 0) is 0 Å². The molecule has 0 saturated carbocycles. The number of benzene rings is 2. The Hall–Kier alpha value is -3.63. The molecule has 5 rings (SSSR count). The van der Waals surface area contributed by atoms with Crippen molar-refractivity contribution in [3.8, 4) is 28.5 Å². The van der Waals surface area contributed by atoms with Crippen LogP contribution in [0.3, 0.4) is 0 Å². The minimum absolute atomic E-state index is 0.0898. The number of nitrogens with zero attached hydrogens (tertiary/aromatic N) is 4. The van der Waals surface area contributed by atoms with Crippen LogP contribution in [0.25, 0.3) is 22.6 Å². The molecule has 0 amide bonds. The van der Waals surface area contributed by atoms with Crippen molar-refractivity contribution in [1.29, 1.82) is 0 Å². The van der Waals surface area contributed by atoms with E-state index in [0.717, 1.165) is 36.3 Å². The summed E-state index contributed by atoms with van der Waals surface area (Å²) in [5.41, 5.74) is 2.62. The van der Waals surface area contributed by atoms with E-state index in [0.29, 0.717) is 33.8 Å². The molecule has 2 aromatic heterocycles. The number of aromatic nitrogens is 3. The molecule has 2 aromatic carbocycles. The Balaban J connectivity index is 1.46. The lowest BCUT2D eigenvalue weighted by Gasteiger charge is -2.16. The monoisotopic (exact) mass is 523 g/mol. The van der Waals surface area contributed by atoms with Crippen LogP contribution in [0, 0.1) is 10.1 Å². The summed E-state index contributed by atoms with van der Waals surface area (Å²) in [5, 5.41) is 23.9. The number of para-hydroxylation sites is 1. The van der Waals surface area contributed by atoms with Gasteiger partial charge in [-0.2, -0.15) is 4.98 Å². The second kappa shape index (κ2) is 10.5. The summed E-state index contributed by atoms with van der Waals surface area (Å²) in [6.45, 7) is 2.17. The molecule has 0 unspecified atom stereocenters. The summed E-state index contributed by atoms with van der Waals surface area (Å²) in [7, 11) is 0. The maximum absolute atomic E-state index is 11.0. The largest absolute Gasteiger partial charge is 0.455 e. The predicted octanol–water partition coefficient (Wildman–Crippen LogP) is 7.15. The molecule has 184 valence electrons. The number of non-ortho nitro benzene ring substituents is 1. The van der Waals surface area contributed by atoms with Gasteiger partial charge in [0.25, 0.3) is 5.69 Å². The maximum atomic E-state index is 11.0. The Labute approximate surface area is 216 Å². The van der Waals surface area contributed by atoms with Crippen molar-refractivity contribution in [2.75, 3.05) is 11.1 Å². The van der Waals surface area contributed by atoms with Gasteiger partial charge >= 0.3 is 0 Å². The molecule has 0 fully saturated rings. The third-order valence-electron chi connectivity index (χ3n) is 5.63. The van der Waals surface area contributed by atoms with Crippen LogP contribution in [0.4, 0.5) is 11.4 Å². The highest BCUT2D eigenvalue weighted by molar-refractivity contribution is 7.99. The lowest BCUT2D eigenvalue weighted by molar-refractivity contribution is -0.384. The van der Waals surface area contributed by atoms with Gasteiger partial charge in [0.2, 0.25) is 17.3 Å². The molecule has 0 radical (unpaired) electrons. The first-order valence-corrected chi connectivity index (χ1v) is 12.8. The number of nitro groups is 1. The van der Waals surface area contributed by atoms with Crippen molar-refractivity contribution in [3.63, 3.8) is 0 Å². The maximum Gasteiger partial charge on any atom is 0.270 e. The number of rotatable bonds is 8. The number of halogens is 1. The molecule has 4 aromatic rings. The Kier molecular flexibility index (Phi) is 7.06. The van der Waals surface area contributed by atoms with Gasteiger partial charge in [0.05, 0.1) is 9.95 Å². The average Bonchev–Trinajstić information content (AvgIpc) is 3.30. The van der Waals surface area contributed by atoms with Crippen LogP contribution in [0.5, 0.6) is 5.88 Å². The van der Waals surface area contributed by atoms with Crippen LogP contribution in [0.15, 0.2) is 64.2 Å². The molecule has 11 heteroatoms. The summed E-state index contributed by atoms with van der Waals surface area (Å²) in [6, 6.07) is 15.5. The van der Waals surface area contributed by atoms with Crippen LogP contribution >= 0.6 is 23.4 Å². The molecule has 0 spiro atoms. The van der Waals surface area contributed by atoms with Gasteiger partial charge in [-0.15, -0.1) is 10.2 Å². The average molecular weight is 524 g/mol. The molecular formula is C25H22ClN5O4S. The van der Waals surface area contributed by atoms with Crippen molar-refractivity contribution < 1.29 is 14.1 Å². The standard InChI is InChI=1S/C25H22ClN5O4S/c1-2-3-6-13-36-25-28-24-22(29-30-25)17-7-4-5-8-19(17)27-23(35-24)21-12-11-20(34-21)16-10-9-15(31(32)33)14-18(16)26/h4-5,7-12,14,23,27H,2-3,6,13H2,1H3/t23-/m0/s1. The SMILES string of the molecule is CCCCCSc1nnc2c(n1)O[C@@H](c1ccc(-c3ccc([N+](=O)[O-])cc3Cl)o1)Nc1ccccc1-2. The van der Waals surface area contributed by atoms with Gasteiger partial charge in [0.15, 0.2) is 11.5 Å². The van der Waals surface area contributed by atoms with Crippen molar-refractivity contribution in [1.82, 2.24) is 15.2 Å². The second-order valence-electron chi connectivity index (χ2n) is 8.11. The normalized spacial score (nSPS) is 14.2. The summed E-state index contributed by atoms with van der Waals surface area (Å²) in [6.07, 6.45) is 2.68. The molecule has 36 heavy (non-hydrogen) atoms. The lowest BCUT2D eigenvalue weighted by Crippen LogP contribution is -2.16. The van der Waals surface area contributed by atoms with E-state index in [1.807, 2.05) is 24.3 Å². The second-order valence-corrected chi connectivity index (χ2v) is 9.58. The van der Waals surface area contributed by atoms with Crippen LogP contribution in [-0.4, -0.2) is 25.9 Å². The smallest absolute Gasteiger partial charge is 0.270 e. The Morgan fingerprint density at radius 1 is 1.11 bits per heavy atom. The number of anilines is 1. The third kappa shape index (κ3) is 5.00. The van der Waals surface area contributed by atoms with E-state index >= 15 is 0 Å². The van der Waals surface area contributed by atoms with Crippen molar-refractivity contribution in [3.05, 3.63) is 75.5 Å². The minimum atomic E-state index is -0.701. The first kappa shape index (κ1) is 24.1. The summed E-state index contributed by atoms with van der Waals surface area (Å²) in [4.78, 5) is 15.2. The number of unbranched alkanes of at least 4 members (excludes halogenated alkanes) is 2. The van der Waals surface area contributed by atoms with Crippen molar-refractivity contribution >= 4 is 34.7 Å². The van der Waals surface area contributed by atoms with Crippen LogP contribution < -0.4 is 10.1 Å². The number of nitro benzene ring substituents is 1. The van der Waals surface area contributed by atoms with Crippen molar-refractivity contribution in [2.45, 2.75) is 37.6 Å². The molecule has 1 N–H and O–H groups in total. The Morgan fingerprint density at radius 2 is 1.97 bits per heavy atom. The molecule has 1 aliphatic heterocycles. The zero-order chi connectivity index (χ0) is 25.1. The highest BCUT2D eigenvalue weighted by atomic mass is 35.5. The molecule has 9 nitrogen and oxygen atoms in total. The van der Waals surface area contributed by atoms with Crippen molar-refractivity contribution in [2.24, 2.45) is 0 Å². The molecular weight excluding hydrogens is 502 g/mol. The molecule has 0 aliphatic carbocycles. The molecule has 1 atom stereocenters. The number of thioether (sulfide) groups is 1. The fourth-order valence-electron chi connectivity index (χ4n) is 3.81. The minimum Gasteiger partial charge on any atom is -0.455 e. The number of furan rings is 1. The first-order valence-electron chi connectivity index (χ1n) is 11.5. The number of hydrogen-bond acceptors (Lipinski definition) is 9. The summed E-state index contributed by atoms with van der Waals surface area (Å²) >= 11 is 7.86. The van der Waals surface area contributed by atoms with Gasteiger partial charge in [0, 0.05) is 34.7 Å². The van der Waals surface area contributed by atoms with Gasteiger partial charge in [0.1, 0.15) is 5.76 Å². The fourth-order valence-corrected chi connectivity index (χ4v) is 4.85.